The quantitative estimate of drug-likeness (QED) is 0.663. The Morgan fingerprint density at radius 1 is 1.35 bits per heavy atom. The van der Waals surface area contributed by atoms with Crippen molar-refractivity contribution in [2.75, 3.05) is 18.5 Å². The van der Waals surface area contributed by atoms with E-state index in [1.807, 2.05) is 0 Å². The highest BCUT2D eigenvalue weighted by molar-refractivity contribution is 8.22. The first-order valence-corrected chi connectivity index (χ1v) is 8.40. The monoisotopic (exact) mass is 336 g/mol. The van der Waals surface area contributed by atoms with Gasteiger partial charge >= 0.3 is 0 Å². The Hall–Kier alpha value is -2.20. The minimum absolute atomic E-state index is 0.204. The first kappa shape index (κ1) is 15.7. The normalized spacial score (nSPS) is 17.3. The number of amides is 1. The summed E-state index contributed by atoms with van der Waals surface area (Å²) in [5, 5.41) is 2.60. The van der Waals surface area contributed by atoms with E-state index >= 15 is 0 Å². The molecule has 0 saturated heterocycles. The molecule has 122 valence electrons. The maximum atomic E-state index is 11.1. The van der Waals surface area contributed by atoms with Crippen LogP contribution in [0.3, 0.4) is 0 Å². The summed E-state index contributed by atoms with van der Waals surface area (Å²) in [6.07, 6.45) is 3.13. The standard InChI is InChI=1S/C14H16N4O4S/c1-9(19)18-13-7-10(2-3-15-13)11-6-12-14(16-8-11)22-5-4-17-23(12,20)21/h2-3,6-8,17,20-21H,4-5H2,1H3,(H,15,18,19). The first-order valence-electron chi connectivity index (χ1n) is 6.85. The molecule has 4 N–H and O–H groups in total. The third kappa shape index (κ3) is 3.42. The number of carbonyl (C=O) groups is 1. The summed E-state index contributed by atoms with van der Waals surface area (Å²) in [5.41, 5.74) is 1.39. The van der Waals surface area contributed by atoms with Crippen molar-refractivity contribution in [2.45, 2.75) is 11.8 Å². The Labute approximate surface area is 134 Å². The third-order valence-electron chi connectivity index (χ3n) is 3.17. The van der Waals surface area contributed by atoms with Crippen LogP contribution in [0.5, 0.6) is 5.88 Å². The summed E-state index contributed by atoms with van der Waals surface area (Å²) >= 11 is 0. The maximum Gasteiger partial charge on any atom is 0.238 e. The summed E-state index contributed by atoms with van der Waals surface area (Å²) in [6, 6.07) is 5.04. The van der Waals surface area contributed by atoms with Crippen LogP contribution >= 0.6 is 10.8 Å². The zero-order valence-corrected chi connectivity index (χ0v) is 13.1. The van der Waals surface area contributed by atoms with Gasteiger partial charge in [-0.1, -0.05) is 0 Å². The minimum Gasteiger partial charge on any atom is -0.475 e. The van der Waals surface area contributed by atoms with Crippen LogP contribution < -0.4 is 14.8 Å². The number of rotatable bonds is 2. The van der Waals surface area contributed by atoms with Gasteiger partial charge in [0.25, 0.3) is 0 Å². The fourth-order valence-electron chi connectivity index (χ4n) is 2.17. The second-order valence-corrected chi connectivity index (χ2v) is 6.76. The molecule has 0 fully saturated rings. The van der Waals surface area contributed by atoms with Gasteiger partial charge in [0.15, 0.2) is 0 Å². The maximum absolute atomic E-state index is 11.1. The Balaban J connectivity index is 2.02. The second-order valence-electron chi connectivity index (χ2n) is 4.93. The number of aromatic nitrogens is 2. The van der Waals surface area contributed by atoms with Gasteiger partial charge in [0, 0.05) is 31.4 Å². The van der Waals surface area contributed by atoms with Gasteiger partial charge in [0.1, 0.15) is 17.3 Å². The molecule has 0 bridgehead atoms. The highest BCUT2D eigenvalue weighted by atomic mass is 32.3. The van der Waals surface area contributed by atoms with Gasteiger partial charge in [-0.15, -0.1) is 10.8 Å². The molecule has 3 heterocycles. The summed E-state index contributed by atoms with van der Waals surface area (Å²) in [6.45, 7) is 2.02. The van der Waals surface area contributed by atoms with E-state index in [-0.39, 0.29) is 16.7 Å². The lowest BCUT2D eigenvalue weighted by Gasteiger charge is -2.31. The van der Waals surface area contributed by atoms with Crippen LogP contribution in [0.25, 0.3) is 11.1 Å². The average Bonchev–Trinajstić information content (AvgIpc) is 2.65. The van der Waals surface area contributed by atoms with Gasteiger partial charge in [-0.25, -0.2) is 14.7 Å². The number of fused-ring (bicyclic) bond motifs is 1. The fraction of sp³-hybridized carbons (Fsp3) is 0.214. The number of nitrogens with zero attached hydrogens (tertiary/aromatic N) is 2. The second kappa shape index (κ2) is 6.13. The van der Waals surface area contributed by atoms with Crippen LogP contribution in [0.2, 0.25) is 0 Å². The molecule has 23 heavy (non-hydrogen) atoms. The van der Waals surface area contributed by atoms with Gasteiger partial charge in [-0.3, -0.25) is 13.9 Å². The van der Waals surface area contributed by atoms with Gasteiger partial charge < -0.3 is 10.1 Å². The van der Waals surface area contributed by atoms with Crippen molar-refractivity contribution in [3.8, 4) is 17.0 Å². The van der Waals surface area contributed by atoms with Crippen molar-refractivity contribution >= 4 is 22.5 Å². The summed E-state index contributed by atoms with van der Waals surface area (Å²) < 4.78 is 28.4. The molecular formula is C14H16N4O4S. The molecule has 0 saturated carbocycles. The molecule has 0 atom stereocenters. The molecule has 3 rings (SSSR count). The number of anilines is 1. The lowest BCUT2D eigenvalue weighted by Crippen LogP contribution is -2.21. The third-order valence-corrected chi connectivity index (χ3v) is 4.68. The molecule has 0 radical (unpaired) electrons. The van der Waals surface area contributed by atoms with Gasteiger partial charge in [-0.05, 0) is 23.8 Å². The SMILES string of the molecule is CC(=O)Nc1cc(-c2cnc3c(c2)S(O)(O)NCCO3)ccn1. The highest BCUT2D eigenvalue weighted by Crippen LogP contribution is 2.50. The predicted octanol–water partition coefficient (Wildman–Crippen LogP) is 2.11. The van der Waals surface area contributed by atoms with E-state index in [9.17, 15) is 13.9 Å². The smallest absolute Gasteiger partial charge is 0.238 e. The number of ether oxygens (including phenoxy) is 1. The van der Waals surface area contributed by atoms with Crippen molar-refractivity contribution in [1.82, 2.24) is 14.7 Å². The van der Waals surface area contributed by atoms with E-state index in [0.717, 1.165) is 5.56 Å². The Bertz CT molecular complexity index is 753. The molecule has 0 unspecified atom stereocenters. The molecule has 8 nitrogen and oxygen atoms in total. The van der Waals surface area contributed by atoms with Crippen LogP contribution in [0.15, 0.2) is 35.5 Å². The van der Waals surface area contributed by atoms with Crippen LogP contribution in [0, 0.1) is 0 Å². The van der Waals surface area contributed by atoms with Crippen LogP contribution in [-0.4, -0.2) is 38.1 Å². The molecule has 9 heteroatoms. The molecule has 0 spiro atoms. The van der Waals surface area contributed by atoms with Crippen molar-refractivity contribution in [3.05, 3.63) is 30.6 Å². The number of hydrogen-bond donors (Lipinski definition) is 4. The van der Waals surface area contributed by atoms with Gasteiger partial charge in [-0.2, -0.15) is 0 Å². The van der Waals surface area contributed by atoms with E-state index in [2.05, 4.69) is 20.0 Å². The van der Waals surface area contributed by atoms with Gasteiger partial charge in [0.2, 0.25) is 11.8 Å². The van der Waals surface area contributed by atoms with Crippen molar-refractivity contribution in [3.63, 3.8) is 0 Å². The summed E-state index contributed by atoms with van der Waals surface area (Å²) in [4.78, 5) is 19.6. The molecule has 1 aliphatic rings. The highest BCUT2D eigenvalue weighted by Gasteiger charge is 2.25. The van der Waals surface area contributed by atoms with E-state index in [0.29, 0.717) is 24.5 Å². The number of hydrogen-bond acceptors (Lipinski definition) is 7. The van der Waals surface area contributed by atoms with E-state index in [1.165, 1.54) is 6.92 Å². The molecular weight excluding hydrogens is 320 g/mol. The Morgan fingerprint density at radius 2 is 2.17 bits per heavy atom. The van der Waals surface area contributed by atoms with Crippen LogP contribution in [0.4, 0.5) is 5.82 Å². The molecule has 1 aliphatic heterocycles. The summed E-state index contributed by atoms with van der Waals surface area (Å²) in [5.74, 6) is 0.391. The number of nitrogens with one attached hydrogen (secondary N) is 2. The molecule has 2 aromatic rings. The van der Waals surface area contributed by atoms with E-state index in [4.69, 9.17) is 4.74 Å². The lowest BCUT2D eigenvalue weighted by molar-refractivity contribution is -0.114. The Kier molecular flexibility index (Phi) is 4.18. The van der Waals surface area contributed by atoms with E-state index in [1.54, 1.807) is 30.6 Å². The van der Waals surface area contributed by atoms with Crippen molar-refractivity contribution < 1.29 is 18.6 Å². The predicted molar refractivity (Wildman–Crippen MR) is 86.4 cm³/mol. The fourth-order valence-corrected chi connectivity index (χ4v) is 3.34. The Morgan fingerprint density at radius 3 is 2.96 bits per heavy atom. The number of carbonyl (C=O) groups excluding carboxylic acids is 1. The molecule has 2 aromatic heterocycles. The summed E-state index contributed by atoms with van der Waals surface area (Å²) in [7, 11) is -3.16. The van der Waals surface area contributed by atoms with Crippen molar-refractivity contribution in [2.24, 2.45) is 0 Å². The number of pyridine rings is 2. The molecule has 0 aromatic carbocycles. The zero-order valence-electron chi connectivity index (χ0n) is 12.3. The minimum atomic E-state index is -3.16. The van der Waals surface area contributed by atoms with Gasteiger partial charge in [0.05, 0.1) is 0 Å². The zero-order chi connectivity index (χ0) is 16.4. The molecule has 1 amide bonds. The lowest BCUT2D eigenvalue weighted by atomic mass is 10.1. The van der Waals surface area contributed by atoms with Crippen molar-refractivity contribution in [1.29, 1.82) is 0 Å². The van der Waals surface area contributed by atoms with Crippen LogP contribution in [0.1, 0.15) is 6.92 Å². The topological polar surface area (TPSA) is 117 Å². The molecule has 0 aliphatic carbocycles. The van der Waals surface area contributed by atoms with E-state index < -0.39 is 10.8 Å². The van der Waals surface area contributed by atoms with Crippen LogP contribution in [-0.2, 0) is 4.79 Å². The average molecular weight is 336 g/mol. The first-order chi connectivity index (χ1) is 11.0. The largest absolute Gasteiger partial charge is 0.475 e.